The summed E-state index contributed by atoms with van der Waals surface area (Å²) in [5.41, 5.74) is 8.24. The molecule has 176 valence electrons. The maximum absolute atomic E-state index is 12.4. The van der Waals surface area contributed by atoms with Crippen molar-refractivity contribution in [2.45, 2.75) is 37.0 Å². The normalized spacial score (nSPS) is 12.8. The van der Waals surface area contributed by atoms with E-state index in [0.717, 1.165) is 80.3 Å². The van der Waals surface area contributed by atoms with E-state index in [4.69, 9.17) is 24.7 Å². The van der Waals surface area contributed by atoms with Crippen LogP contribution in [0.15, 0.2) is 36.4 Å². The lowest BCUT2D eigenvalue weighted by molar-refractivity contribution is 0.189. The lowest BCUT2D eigenvalue weighted by atomic mass is 10.1. The Morgan fingerprint density at radius 3 is 1.53 bits per heavy atom. The smallest absolute Gasteiger partial charge is 0.314 e. The Bertz CT molecular complexity index is 831. The molecule has 0 spiro atoms. The number of amides is 2. The van der Waals surface area contributed by atoms with E-state index in [1.165, 1.54) is 0 Å². The molecule has 2 amide bonds. The second kappa shape index (κ2) is 12.4. The molecule has 0 heterocycles. The van der Waals surface area contributed by atoms with E-state index in [2.05, 4.69) is 0 Å². The molecule has 2 atom stereocenters. The second-order valence-electron chi connectivity index (χ2n) is 7.83. The van der Waals surface area contributed by atoms with E-state index in [1.807, 2.05) is 41.3 Å². The number of aryl methyl sites for hydroxylation is 2. The number of rotatable bonds is 12. The largest absolute Gasteiger partial charge is 0.493 e. The van der Waals surface area contributed by atoms with Gasteiger partial charge in [-0.2, -0.15) is 0 Å². The van der Waals surface area contributed by atoms with Crippen LogP contribution in [0.25, 0.3) is 0 Å². The summed E-state index contributed by atoms with van der Waals surface area (Å²) in [5, 5.41) is 0. The highest BCUT2D eigenvalue weighted by molar-refractivity contribution is 6.16. The summed E-state index contributed by atoms with van der Waals surface area (Å²) in [5.74, 6) is 2.94. The van der Waals surface area contributed by atoms with Crippen molar-refractivity contribution >= 4 is 26.5 Å². The van der Waals surface area contributed by atoms with Gasteiger partial charge >= 0.3 is 6.03 Å². The average Bonchev–Trinajstić information content (AvgIpc) is 2.80. The molecule has 2 aromatic rings. The van der Waals surface area contributed by atoms with Crippen molar-refractivity contribution < 1.29 is 23.7 Å². The SMILES string of the molecule is COc1cccc(CCC([SiH3])N(C(N)=O)C([SiH3])CCc2cccc(OC)c2OC)c1OC. The fourth-order valence-electron chi connectivity index (χ4n) is 4.18. The quantitative estimate of drug-likeness (QED) is 0.463. The number of primary amides is 1. The van der Waals surface area contributed by atoms with E-state index in [9.17, 15) is 4.79 Å². The van der Waals surface area contributed by atoms with Gasteiger partial charge in [0, 0.05) is 31.8 Å². The van der Waals surface area contributed by atoms with Gasteiger partial charge in [0.25, 0.3) is 0 Å². The van der Waals surface area contributed by atoms with Gasteiger partial charge in [-0.25, -0.2) is 4.79 Å². The predicted molar refractivity (Wildman–Crippen MR) is 135 cm³/mol. The minimum atomic E-state index is -0.347. The summed E-state index contributed by atoms with van der Waals surface area (Å²) in [4.78, 5) is 14.2. The van der Waals surface area contributed by atoms with Gasteiger partial charge in [-0.1, -0.05) is 24.3 Å². The van der Waals surface area contributed by atoms with Crippen molar-refractivity contribution in [1.29, 1.82) is 0 Å². The van der Waals surface area contributed by atoms with Gasteiger partial charge in [0.05, 0.1) is 28.4 Å². The number of hydrogen-bond acceptors (Lipinski definition) is 5. The molecule has 32 heavy (non-hydrogen) atoms. The molecule has 0 bridgehead atoms. The highest BCUT2D eigenvalue weighted by Crippen LogP contribution is 2.33. The zero-order chi connectivity index (χ0) is 23.7. The molecule has 7 nitrogen and oxygen atoms in total. The lowest BCUT2D eigenvalue weighted by Crippen LogP contribution is -2.50. The lowest BCUT2D eigenvalue weighted by Gasteiger charge is -2.34. The first-order valence-corrected chi connectivity index (χ1v) is 13.2. The second-order valence-corrected chi connectivity index (χ2v) is 10.5. The Morgan fingerprint density at radius 2 is 1.22 bits per heavy atom. The molecule has 0 aliphatic carbocycles. The van der Waals surface area contributed by atoms with Crippen LogP contribution in [0.2, 0.25) is 0 Å². The molecular formula is C23H36N2O5Si2. The van der Waals surface area contributed by atoms with Crippen LogP contribution in [0.1, 0.15) is 24.0 Å². The highest BCUT2D eigenvalue weighted by atomic mass is 28.1. The molecule has 0 aromatic heterocycles. The summed E-state index contributed by atoms with van der Waals surface area (Å²) in [6.45, 7) is 0. The Balaban J connectivity index is 2.07. The van der Waals surface area contributed by atoms with Gasteiger partial charge in [0.1, 0.15) is 0 Å². The van der Waals surface area contributed by atoms with Crippen molar-refractivity contribution in [3.05, 3.63) is 47.5 Å². The topological polar surface area (TPSA) is 83.3 Å². The first-order valence-electron chi connectivity index (χ1n) is 10.8. The van der Waals surface area contributed by atoms with Crippen LogP contribution in [0.3, 0.4) is 0 Å². The summed E-state index contributed by atoms with van der Waals surface area (Å²) in [6.07, 6.45) is 3.24. The van der Waals surface area contributed by atoms with E-state index in [0.29, 0.717) is 0 Å². The fourth-order valence-corrected chi connectivity index (χ4v) is 6.88. The molecule has 0 saturated heterocycles. The number of nitrogens with zero attached hydrogens (tertiary/aromatic N) is 1. The standard InChI is InChI=1S/C23H36N2O5Si2/c1-27-17-9-5-7-15(21(17)29-3)11-13-19(31)25(23(24)26)20(32)14-12-16-8-6-10-18(28-2)22(16)30-4/h5-10,19-20H,11-14H2,1-4,31-32H3,(H2,24,26). The van der Waals surface area contributed by atoms with E-state index < -0.39 is 0 Å². The molecule has 2 rings (SSSR count). The van der Waals surface area contributed by atoms with Gasteiger partial charge in [-0.3, -0.25) is 0 Å². The number of carbonyl (C=O) groups is 1. The van der Waals surface area contributed by atoms with Crippen molar-refractivity contribution in [1.82, 2.24) is 4.90 Å². The molecule has 0 fully saturated rings. The van der Waals surface area contributed by atoms with Crippen LogP contribution < -0.4 is 24.7 Å². The Morgan fingerprint density at radius 1 is 0.812 bits per heavy atom. The predicted octanol–water partition coefficient (Wildman–Crippen LogP) is 1.05. The van der Waals surface area contributed by atoms with E-state index in [-0.39, 0.29) is 17.4 Å². The molecule has 9 heteroatoms. The van der Waals surface area contributed by atoms with Gasteiger partial charge in [-0.05, 0) is 48.9 Å². The molecule has 0 radical (unpaired) electrons. The maximum atomic E-state index is 12.4. The summed E-state index contributed by atoms with van der Waals surface area (Å²) in [7, 11) is 8.23. The average molecular weight is 477 g/mol. The molecule has 0 saturated carbocycles. The van der Waals surface area contributed by atoms with Crippen LogP contribution in [-0.4, -0.2) is 71.2 Å². The van der Waals surface area contributed by atoms with Gasteiger partial charge in [0.2, 0.25) is 0 Å². The van der Waals surface area contributed by atoms with Gasteiger partial charge in [0.15, 0.2) is 23.0 Å². The number of nitrogens with two attached hydrogens (primary N) is 1. The number of urea groups is 1. The van der Waals surface area contributed by atoms with Crippen molar-refractivity contribution in [2.24, 2.45) is 5.73 Å². The Hall–Kier alpha value is -2.66. The summed E-state index contributed by atoms with van der Waals surface area (Å²) >= 11 is 0. The van der Waals surface area contributed by atoms with Crippen molar-refractivity contribution in [2.75, 3.05) is 28.4 Å². The highest BCUT2D eigenvalue weighted by Gasteiger charge is 2.24. The monoisotopic (exact) mass is 476 g/mol. The molecule has 0 aliphatic heterocycles. The zero-order valence-electron chi connectivity index (χ0n) is 20.0. The van der Waals surface area contributed by atoms with Crippen LogP contribution in [0.4, 0.5) is 4.79 Å². The number of para-hydroxylation sites is 2. The van der Waals surface area contributed by atoms with Crippen molar-refractivity contribution in [3.63, 3.8) is 0 Å². The van der Waals surface area contributed by atoms with E-state index >= 15 is 0 Å². The molecule has 0 aliphatic rings. The first kappa shape index (κ1) is 25.6. The Labute approximate surface area is 197 Å². The third-order valence-electron chi connectivity index (χ3n) is 5.84. The maximum Gasteiger partial charge on any atom is 0.314 e. The summed E-state index contributed by atoms with van der Waals surface area (Å²) in [6, 6.07) is 11.4. The minimum absolute atomic E-state index is 0.137. The van der Waals surface area contributed by atoms with Gasteiger partial charge in [-0.15, -0.1) is 0 Å². The number of methoxy groups -OCH3 is 4. The molecule has 2 aromatic carbocycles. The van der Waals surface area contributed by atoms with Crippen LogP contribution in [-0.2, 0) is 12.8 Å². The van der Waals surface area contributed by atoms with Crippen molar-refractivity contribution in [3.8, 4) is 23.0 Å². The first-order chi connectivity index (χ1) is 15.4. The number of carbonyl (C=O) groups excluding carboxylic acids is 1. The Kier molecular flexibility index (Phi) is 9.92. The zero-order valence-corrected chi connectivity index (χ0v) is 24.0. The number of benzene rings is 2. The third kappa shape index (κ3) is 6.20. The summed E-state index contributed by atoms with van der Waals surface area (Å²) < 4.78 is 21.9. The molecule has 2 unspecified atom stereocenters. The fraction of sp³-hybridized carbons (Fsp3) is 0.435. The van der Waals surface area contributed by atoms with Crippen LogP contribution in [0.5, 0.6) is 23.0 Å². The number of ether oxygens (including phenoxy) is 4. The molecule has 2 N–H and O–H groups in total. The number of hydrogen-bond donors (Lipinski definition) is 1. The van der Waals surface area contributed by atoms with Crippen LogP contribution >= 0.6 is 0 Å². The molecular weight excluding hydrogens is 440 g/mol. The third-order valence-corrected chi connectivity index (χ3v) is 8.10. The van der Waals surface area contributed by atoms with Crippen LogP contribution in [0, 0.1) is 0 Å². The van der Waals surface area contributed by atoms with E-state index in [1.54, 1.807) is 28.4 Å². The minimum Gasteiger partial charge on any atom is -0.493 e. The van der Waals surface area contributed by atoms with Gasteiger partial charge < -0.3 is 29.6 Å².